The van der Waals surface area contributed by atoms with Gasteiger partial charge >= 0.3 is 0 Å². The highest BCUT2D eigenvalue weighted by Crippen LogP contribution is 2.14. The van der Waals surface area contributed by atoms with E-state index in [2.05, 4.69) is 37.7 Å². The van der Waals surface area contributed by atoms with Crippen molar-refractivity contribution in [3.05, 3.63) is 29.0 Å². The van der Waals surface area contributed by atoms with Gasteiger partial charge in [0.05, 0.1) is 6.21 Å². The van der Waals surface area contributed by atoms with Gasteiger partial charge in [-0.2, -0.15) is 0 Å². The van der Waals surface area contributed by atoms with Gasteiger partial charge in [-0.25, -0.2) is 0 Å². The first kappa shape index (κ1) is 14.7. The molecule has 0 fully saturated rings. The Balaban J connectivity index is 4.42. The second-order valence-electron chi connectivity index (χ2n) is 4.96. The van der Waals surface area contributed by atoms with E-state index in [1.165, 1.54) is 17.4 Å². The zero-order chi connectivity index (χ0) is 12.6. The molecule has 0 saturated carbocycles. The largest absolute Gasteiger partial charge is 0.411 e. The third-order valence-corrected chi connectivity index (χ3v) is 2.15. The molecule has 0 aromatic rings. The van der Waals surface area contributed by atoms with Crippen LogP contribution in [-0.2, 0) is 0 Å². The minimum absolute atomic E-state index is 0.244. The molecule has 0 saturated heterocycles. The predicted molar refractivity (Wildman–Crippen MR) is 70.0 cm³/mol. The van der Waals surface area contributed by atoms with E-state index in [0.29, 0.717) is 0 Å². The van der Waals surface area contributed by atoms with Crippen LogP contribution in [0, 0.1) is 5.41 Å². The van der Waals surface area contributed by atoms with Crippen molar-refractivity contribution >= 4 is 6.21 Å². The number of hydrogen-bond donors (Lipinski definition) is 1. The fourth-order valence-corrected chi connectivity index (χ4v) is 1.14. The van der Waals surface area contributed by atoms with Crippen molar-refractivity contribution in [3.63, 3.8) is 0 Å². The number of allylic oxidation sites excluding steroid dienone is 3. The van der Waals surface area contributed by atoms with Crippen LogP contribution in [0.25, 0.3) is 0 Å². The first-order valence-corrected chi connectivity index (χ1v) is 5.62. The molecule has 0 aliphatic heterocycles. The van der Waals surface area contributed by atoms with E-state index in [0.717, 1.165) is 12.8 Å². The van der Waals surface area contributed by atoms with Gasteiger partial charge in [0.2, 0.25) is 0 Å². The Kier molecular flexibility index (Phi) is 6.52. The first-order chi connectivity index (χ1) is 7.37. The summed E-state index contributed by atoms with van der Waals surface area (Å²) >= 11 is 0. The SMILES string of the molecule is CC(=C=CC(C)(C)/C=N/O)CCC=C(C)C. The first-order valence-electron chi connectivity index (χ1n) is 5.62. The fraction of sp³-hybridized carbons (Fsp3) is 0.571. The van der Waals surface area contributed by atoms with Gasteiger partial charge in [0.25, 0.3) is 0 Å². The minimum Gasteiger partial charge on any atom is -0.411 e. The van der Waals surface area contributed by atoms with Gasteiger partial charge in [0.1, 0.15) is 0 Å². The van der Waals surface area contributed by atoms with Crippen LogP contribution >= 0.6 is 0 Å². The Bertz CT molecular complexity index is 325. The lowest BCUT2D eigenvalue weighted by atomic mass is 9.95. The van der Waals surface area contributed by atoms with Crippen LogP contribution in [0.2, 0.25) is 0 Å². The molecule has 0 bridgehead atoms. The molecule has 16 heavy (non-hydrogen) atoms. The fourth-order valence-electron chi connectivity index (χ4n) is 1.14. The third-order valence-electron chi connectivity index (χ3n) is 2.15. The molecule has 0 aromatic heterocycles. The Labute approximate surface area is 99.1 Å². The Morgan fingerprint density at radius 1 is 1.31 bits per heavy atom. The molecule has 1 N–H and O–H groups in total. The van der Waals surface area contributed by atoms with E-state index in [9.17, 15) is 0 Å². The lowest BCUT2D eigenvalue weighted by Crippen LogP contribution is -2.08. The van der Waals surface area contributed by atoms with E-state index >= 15 is 0 Å². The standard InChI is InChI=1S/C14H23NO/c1-12(2)7-6-8-13(3)9-10-14(4,5)11-15-16/h7,10-11,16H,6,8H2,1-5H3/b15-11+. The molecule has 2 heteroatoms. The van der Waals surface area contributed by atoms with Crippen molar-refractivity contribution in [1.29, 1.82) is 0 Å². The van der Waals surface area contributed by atoms with Gasteiger partial charge in [-0.3, -0.25) is 0 Å². The van der Waals surface area contributed by atoms with Gasteiger partial charge in [-0.05, 0) is 45.3 Å². The third kappa shape index (κ3) is 8.07. The maximum atomic E-state index is 8.48. The van der Waals surface area contributed by atoms with Crippen LogP contribution in [0.3, 0.4) is 0 Å². The maximum Gasteiger partial charge on any atom is 0.0536 e. The van der Waals surface area contributed by atoms with E-state index in [4.69, 9.17) is 5.21 Å². The minimum atomic E-state index is -0.244. The molecular weight excluding hydrogens is 198 g/mol. The molecule has 0 aliphatic rings. The molecule has 0 atom stereocenters. The molecule has 0 rings (SSSR count). The summed E-state index contributed by atoms with van der Waals surface area (Å²) < 4.78 is 0. The molecule has 0 spiro atoms. The average Bonchev–Trinajstić information content (AvgIpc) is 2.14. The van der Waals surface area contributed by atoms with Crippen LogP contribution in [0.4, 0.5) is 0 Å². The number of nitrogens with zero attached hydrogens (tertiary/aromatic N) is 1. The molecular formula is C14H23NO. The Morgan fingerprint density at radius 3 is 2.44 bits per heavy atom. The summed E-state index contributed by atoms with van der Waals surface area (Å²) in [6.45, 7) is 10.2. The van der Waals surface area contributed by atoms with Crippen LogP contribution in [0.5, 0.6) is 0 Å². The van der Waals surface area contributed by atoms with Crippen LogP contribution in [0.1, 0.15) is 47.5 Å². The molecule has 2 nitrogen and oxygen atoms in total. The highest BCUT2D eigenvalue weighted by molar-refractivity contribution is 5.66. The molecule has 0 aromatic carbocycles. The zero-order valence-electron chi connectivity index (χ0n) is 11.0. The van der Waals surface area contributed by atoms with E-state index in [1.54, 1.807) is 0 Å². The van der Waals surface area contributed by atoms with Gasteiger partial charge in [-0.15, -0.1) is 10.9 Å². The lowest BCUT2D eigenvalue weighted by Gasteiger charge is -2.09. The Hall–Kier alpha value is -1.27. The van der Waals surface area contributed by atoms with E-state index < -0.39 is 0 Å². The van der Waals surface area contributed by atoms with Crippen molar-refractivity contribution in [1.82, 2.24) is 0 Å². The Morgan fingerprint density at radius 2 is 1.94 bits per heavy atom. The van der Waals surface area contributed by atoms with Gasteiger partial charge in [-0.1, -0.05) is 25.5 Å². The summed E-state index contributed by atoms with van der Waals surface area (Å²) in [6.07, 6.45) is 7.75. The summed E-state index contributed by atoms with van der Waals surface area (Å²) in [4.78, 5) is 0. The van der Waals surface area contributed by atoms with Crippen LogP contribution < -0.4 is 0 Å². The maximum absolute atomic E-state index is 8.48. The normalized spacial score (nSPS) is 11.1. The molecule has 0 radical (unpaired) electrons. The van der Waals surface area contributed by atoms with E-state index in [1.807, 2.05) is 19.9 Å². The van der Waals surface area contributed by atoms with Gasteiger partial charge < -0.3 is 5.21 Å². The number of hydrogen-bond acceptors (Lipinski definition) is 2. The monoisotopic (exact) mass is 221 g/mol. The highest BCUT2D eigenvalue weighted by atomic mass is 16.4. The average molecular weight is 221 g/mol. The van der Waals surface area contributed by atoms with Gasteiger partial charge in [0, 0.05) is 5.41 Å². The van der Waals surface area contributed by atoms with E-state index in [-0.39, 0.29) is 5.41 Å². The molecule has 0 aliphatic carbocycles. The van der Waals surface area contributed by atoms with Crippen molar-refractivity contribution < 1.29 is 5.21 Å². The molecule has 0 unspecified atom stereocenters. The topological polar surface area (TPSA) is 32.6 Å². The summed E-state index contributed by atoms with van der Waals surface area (Å²) in [5.74, 6) is 0. The second-order valence-corrected chi connectivity index (χ2v) is 4.96. The highest BCUT2D eigenvalue weighted by Gasteiger charge is 2.09. The predicted octanol–water partition coefficient (Wildman–Crippen LogP) is 4.32. The number of oxime groups is 1. The summed E-state index contributed by atoms with van der Waals surface area (Å²) in [5, 5.41) is 11.5. The van der Waals surface area contributed by atoms with Crippen LogP contribution in [-0.4, -0.2) is 11.4 Å². The van der Waals surface area contributed by atoms with Crippen molar-refractivity contribution in [3.8, 4) is 0 Å². The molecule has 0 heterocycles. The number of rotatable bonds is 5. The zero-order valence-corrected chi connectivity index (χ0v) is 11.0. The van der Waals surface area contributed by atoms with Gasteiger partial charge in [0.15, 0.2) is 0 Å². The summed E-state index contributed by atoms with van der Waals surface area (Å²) in [6, 6.07) is 0. The van der Waals surface area contributed by atoms with Crippen molar-refractivity contribution in [2.45, 2.75) is 47.5 Å². The summed E-state index contributed by atoms with van der Waals surface area (Å²) in [7, 11) is 0. The van der Waals surface area contributed by atoms with Crippen LogP contribution in [0.15, 0.2) is 34.2 Å². The molecule has 0 amide bonds. The van der Waals surface area contributed by atoms with Crippen molar-refractivity contribution in [2.24, 2.45) is 10.6 Å². The second kappa shape index (κ2) is 7.08. The van der Waals surface area contributed by atoms with Crippen molar-refractivity contribution in [2.75, 3.05) is 0 Å². The molecule has 90 valence electrons. The summed E-state index contributed by atoms with van der Waals surface area (Å²) in [5.41, 5.74) is 5.57. The lowest BCUT2D eigenvalue weighted by molar-refractivity contribution is 0.317. The smallest absolute Gasteiger partial charge is 0.0536 e. The quantitative estimate of drug-likeness (QED) is 0.242.